The number of hydrogen-bond acceptors (Lipinski definition) is 2. The average Bonchev–Trinajstić information content (AvgIpc) is 2.45. The molecule has 1 unspecified atom stereocenters. The maximum absolute atomic E-state index is 10.5. The zero-order chi connectivity index (χ0) is 17.7. The molecule has 1 aromatic rings. The van der Waals surface area contributed by atoms with Gasteiger partial charge in [0, 0.05) is 0 Å². The molecule has 0 aromatic heterocycles. The van der Waals surface area contributed by atoms with E-state index >= 15 is 0 Å². The van der Waals surface area contributed by atoms with Crippen LogP contribution in [0.4, 0.5) is 0 Å². The van der Waals surface area contributed by atoms with Crippen LogP contribution in [-0.2, 0) is 4.43 Å². The lowest BCUT2D eigenvalue weighted by Gasteiger charge is -2.51. The second-order valence-corrected chi connectivity index (χ2v) is 14.1. The highest BCUT2D eigenvalue weighted by molar-refractivity contribution is 6.79. The highest BCUT2D eigenvalue weighted by Gasteiger charge is 2.54. The lowest BCUT2D eigenvalue weighted by Crippen LogP contribution is -2.55. The first-order chi connectivity index (χ1) is 10.5. The van der Waals surface area contributed by atoms with Crippen LogP contribution in [-0.4, -0.2) is 20.0 Å². The summed E-state index contributed by atoms with van der Waals surface area (Å²) in [6.07, 6.45) is 1.84. The van der Waals surface area contributed by atoms with E-state index in [1.807, 2.05) is 30.3 Å². The lowest BCUT2D eigenvalue weighted by molar-refractivity contribution is 0.0937. The van der Waals surface area contributed by atoms with Crippen molar-refractivity contribution in [2.45, 2.75) is 83.5 Å². The van der Waals surface area contributed by atoms with Crippen molar-refractivity contribution >= 4 is 8.32 Å². The van der Waals surface area contributed by atoms with Crippen LogP contribution in [0.25, 0.3) is 0 Å². The van der Waals surface area contributed by atoms with Crippen molar-refractivity contribution in [3.8, 4) is 0 Å². The van der Waals surface area contributed by atoms with Gasteiger partial charge < -0.3 is 9.53 Å². The molecule has 1 atom stereocenters. The first-order valence-electron chi connectivity index (χ1n) is 8.92. The van der Waals surface area contributed by atoms with E-state index in [-0.39, 0.29) is 10.1 Å². The monoisotopic (exact) mass is 336 g/mol. The van der Waals surface area contributed by atoms with E-state index in [4.69, 9.17) is 4.43 Å². The molecule has 1 rings (SSSR count). The summed E-state index contributed by atoms with van der Waals surface area (Å²) >= 11 is 0. The number of unbranched alkanes of at least 4 members (excludes halogenated alkanes) is 1. The second-order valence-electron chi connectivity index (χ2n) is 8.67. The zero-order valence-electron chi connectivity index (χ0n) is 16.1. The standard InChI is InChI=1S/C20H36O2Si/c1-8-9-15-23(19(2,3)4,20(5,6)7)22-16-18(21)17-13-11-10-12-14-17/h10-14,18,21H,8-9,15-16H2,1-7H3. The third kappa shape index (κ3) is 4.91. The average molecular weight is 337 g/mol. The van der Waals surface area contributed by atoms with Gasteiger partial charge in [0.2, 0.25) is 8.32 Å². The summed E-state index contributed by atoms with van der Waals surface area (Å²) in [4.78, 5) is 0. The minimum absolute atomic E-state index is 0.136. The zero-order valence-corrected chi connectivity index (χ0v) is 17.1. The van der Waals surface area contributed by atoms with Crippen molar-refractivity contribution in [3.63, 3.8) is 0 Å². The van der Waals surface area contributed by atoms with Crippen molar-refractivity contribution < 1.29 is 9.53 Å². The molecule has 0 saturated heterocycles. The SMILES string of the molecule is CCCC[Si](OCC(O)c1ccccc1)(C(C)(C)C)C(C)(C)C. The van der Waals surface area contributed by atoms with Crippen LogP contribution in [0, 0.1) is 0 Å². The van der Waals surface area contributed by atoms with Crippen LogP contribution in [0.3, 0.4) is 0 Å². The molecular weight excluding hydrogens is 300 g/mol. The van der Waals surface area contributed by atoms with Gasteiger partial charge in [-0.1, -0.05) is 91.6 Å². The number of aliphatic hydroxyl groups is 1. The Balaban J connectivity index is 3.01. The van der Waals surface area contributed by atoms with Gasteiger partial charge in [-0.05, 0) is 21.7 Å². The Labute approximate surface area is 144 Å². The molecule has 23 heavy (non-hydrogen) atoms. The molecule has 2 nitrogen and oxygen atoms in total. The topological polar surface area (TPSA) is 29.5 Å². The molecule has 0 bridgehead atoms. The lowest BCUT2D eigenvalue weighted by atomic mass is 10.1. The predicted molar refractivity (Wildman–Crippen MR) is 102 cm³/mol. The Morgan fingerprint density at radius 1 is 1.00 bits per heavy atom. The molecule has 132 valence electrons. The Kier molecular flexibility index (Phi) is 7.06. The molecule has 1 aromatic carbocycles. The fraction of sp³-hybridized carbons (Fsp3) is 0.700. The van der Waals surface area contributed by atoms with Crippen LogP contribution in [0.1, 0.15) is 73.0 Å². The van der Waals surface area contributed by atoms with E-state index in [9.17, 15) is 5.11 Å². The normalized spacial score (nSPS) is 14.8. The smallest absolute Gasteiger partial charge is 0.203 e. The third-order valence-electron chi connectivity index (χ3n) is 4.98. The van der Waals surface area contributed by atoms with Crippen LogP contribution < -0.4 is 0 Å². The van der Waals surface area contributed by atoms with Gasteiger partial charge in [-0.25, -0.2) is 0 Å². The Hall–Kier alpha value is -0.643. The van der Waals surface area contributed by atoms with Gasteiger partial charge in [-0.15, -0.1) is 0 Å². The van der Waals surface area contributed by atoms with E-state index < -0.39 is 14.4 Å². The number of rotatable bonds is 7. The Bertz CT molecular complexity index is 443. The minimum atomic E-state index is -2.08. The molecule has 0 fully saturated rings. The third-order valence-corrected chi connectivity index (χ3v) is 11.5. The van der Waals surface area contributed by atoms with E-state index in [1.54, 1.807) is 0 Å². The predicted octanol–water partition coefficient (Wildman–Crippen LogP) is 6.08. The molecule has 0 aliphatic heterocycles. The second kappa shape index (κ2) is 7.95. The molecule has 0 aliphatic carbocycles. The van der Waals surface area contributed by atoms with E-state index in [0.717, 1.165) is 11.6 Å². The van der Waals surface area contributed by atoms with Crippen LogP contribution in [0.5, 0.6) is 0 Å². The fourth-order valence-corrected chi connectivity index (χ4v) is 9.85. The molecule has 0 amide bonds. The summed E-state index contributed by atoms with van der Waals surface area (Å²) in [5, 5.41) is 10.8. The van der Waals surface area contributed by atoms with Crippen LogP contribution >= 0.6 is 0 Å². The summed E-state index contributed by atoms with van der Waals surface area (Å²) < 4.78 is 6.67. The first kappa shape index (κ1) is 20.4. The van der Waals surface area contributed by atoms with Crippen LogP contribution in [0.2, 0.25) is 16.1 Å². The van der Waals surface area contributed by atoms with Gasteiger partial charge >= 0.3 is 0 Å². The van der Waals surface area contributed by atoms with Crippen molar-refractivity contribution in [1.82, 2.24) is 0 Å². The van der Waals surface area contributed by atoms with Gasteiger partial charge in [0.15, 0.2) is 0 Å². The number of hydrogen-bond donors (Lipinski definition) is 1. The van der Waals surface area contributed by atoms with Gasteiger partial charge in [-0.3, -0.25) is 0 Å². The summed E-state index contributed by atoms with van der Waals surface area (Å²) in [5.74, 6) is 0. The Morgan fingerprint density at radius 3 is 1.96 bits per heavy atom. The molecular formula is C20H36O2Si. The van der Waals surface area contributed by atoms with Gasteiger partial charge in [0.25, 0.3) is 0 Å². The highest BCUT2D eigenvalue weighted by Crippen LogP contribution is 2.54. The quantitative estimate of drug-likeness (QED) is 0.611. The molecule has 0 heterocycles. The summed E-state index contributed by atoms with van der Waals surface area (Å²) in [6.45, 7) is 16.5. The van der Waals surface area contributed by atoms with Crippen molar-refractivity contribution in [1.29, 1.82) is 0 Å². The largest absolute Gasteiger partial charge is 0.413 e. The molecule has 3 heteroatoms. The molecule has 0 aliphatic rings. The maximum atomic E-state index is 10.5. The fourth-order valence-electron chi connectivity index (χ4n) is 3.80. The molecule has 1 N–H and O–H groups in total. The summed E-state index contributed by atoms with van der Waals surface area (Å²) in [6, 6.07) is 11.0. The highest BCUT2D eigenvalue weighted by atomic mass is 28.4. The molecule has 0 spiro atoms. The summed E-state index contributed by atoms with van der Waals surface area (Å²) in [7, 11) is -2.08. The van der Waals surface area contributed by atoms with Gasteiger partial charge in [0.1, 0.15) is 6.10 Å². The molecule has 0 saturated carbocycles. The van der Waals surface area contributed by atoms with Crippen molar-refractivity contribution in [2.75, 3.05) is 6.61 Å². The number of benzene rings is 1. The van der Waals surface area contributed by atoms with Crippen molar-refractivity contribution in [2.24, 2.45) is 0 Å². The first-order valence-corrected chi connectivity index (χ1v) is 11.0. The molecule has 0 radical (unpaired) electrons. The maximum Gasteiger partial charge on any atom is 0.203 e. The number of aliphatic hydroxyl groups excluding tert-OH is 1. The van der Waals surface area contributed by atoms with Crippen molar-refractivity contribution in [3.05, 3.63) is 35.9 Å². The summed E-state index contributed by atoms with van der Waals surface area (Å²) in [5.41, 5.74) is 0.939. The minimum Gasteiger partial charge on any atom is -0.413 e. The van der Waals surface area contributed by atoms with E-state index in [1.165, 1.54) is 12.8 Å². The van der Waals surface area contributed by atoms with Crippen LogP contribution in [0.15, 0.2) is 30.3 Å². The van der Waals surface area contributed by atoms with Gasteiger partial charge in [-0.2, -0.15) is 0 Å². The van der Waals surface area contributed by atoms with E-state index in [0.29, 0.717) is 6.61 Å². The van der Waals surface area contributed by atoms with E-state index in [2.05, 4.69) is 48.5 Å². The van der Waals surface area contributed by atoms with Gasteiger partial charge in [0.05, 0.1) is 6.61 Å². The Morgan fingerprint density at radius 2 is 1.52 bits per heavy atom.